The molecule has 0 saturated carbocycles. The van der Waals surface area contributed by atoms with E-state index < -0.39 is 23.5 Å². The molecule has 0 amide bonds. The highest BCUT2D eigenvalue weighted by Crippen LogP contribution is 2.30. The molecule has 1 atom stereocenters. The quantitative estimate of drug-likeness (QED) is 0.311. The number of benzene rings is 3. The maximum atomic E-state index is 12.7. The van der Waals surface area contributed by atoms with Gasteiger partial charge in [0.1, 0.15) is 6.10 Å². The molecule has 1 heterocycles. The Hall–Kier alpha value is -3.28. The minimum atomic E-state index is -1.02. The lowest BCUT2D eigenvalue weighted by Crippen LogP contribution is -2.38. The van der Waals surface area contributed by atoms with E-state index in [1.54, 1.807) is 38.1 Å². The zero-order valence-corrected chi connectivity index (χ0v) is 21.4. The van der Waals surface area contributed by atoms with E-state index in [-0.39, 0.29) is 41.6 Å². The fourth-order valence-corrected chi connectivity index (χ4v) is 4.60. The third-order valence-electron chi connectivity index (χ3n) is 7.09. The van der Waals surface area contributed by atoms with Gasteiger partial charge in [0.15, 0.2) is 5.78 Å². The standard InChI is InChI=1S/C32H37NO4/c1-32(2,31(35)36)27-17-15-24(16-18-27)29(34)14-9-21-33-22-19-28(20-23-33)37-30(25-10-5-3-6-11-25)26-12-7-4-8-13-26/h3-8,10-13,15-18,28,30H,9,14,19-23H2,1-2H3,(H,35,36)/i3D,5D,6D,10D,11D. The van der Waals surface area contributed by atoms with E-state index >= 15 is 0 Å². The summed E-state index contributed by atoms with van der Waals surface area (Å²) in [6.45, 7) is 5.56. The molecule has 1 fully saturated rings. The SMILES string of the molecule is [2H]c1c([2H])c([2H])c(C(OC2CCN(CCCC(=O)c3ccc(C(C)(C)C(=O)O)cc3)CC2)c2ccccc2)c([2H])c1[2H]. The minimum Gasteiger partial charge on any atom is -0.481 e. The van der Waals surface area contributed by atoms with E-state index in [2.05, 4.69) is 4.90 Å². The smallest absolute Gasteiger partial charge is 0.313 e. The van der Waals surface area contributed by atoms with Crippen molar-refractivity contribution in [2.24, 2.45) is 0 Å². The van der Waals surface area contributed by atoms with E-state index in [1.807, 2.05) is 30.3 Å². The molecule has 3 aromatic carbocycles. The van der Waals surface area contributed by atoms with E-state index in [1.165, 1.54) is 0 Å². The van der Waals surface area contributed by atoms with Crippen molar-refractivity contribution in [2.75, 3.05) is 19.6 Å². The lowest BCUT2D eigenvalue weighted by molar-refractivity contribution is -0.142. The van der Waals surface area contributed by atoms with Gasteiger partial charge in [0.2, 0.25) is 0 Å². The van der Waals surface area contributed by atoms with Crippen LogP contribution in [0.25, 0.3) is 0 Å². The van der Waals surface area contributed by atoms with E-state index in [9.17, 15) is 14.7 Å². The van der Waals surface area contributed by atoms with Crippen molar-refractivity contribution < 1.29 is 26.3 Å². The summed E-state index contributed by atoms with van der Waals surface area (Å²) in [7, 11) is 0. The zero-order valence-electron chi connectivity index (χ0n) is 26.4. The number of carbonyl (C=O) groups excluding carboxylic acids is 1. The van der Waals surface area contributed by atoms with Gasteiger partial charge >= 0.3 is 5.97 Å². The summed E-state index contributed by atoms with van der Waals surface area (Å²) < 4.78 is 47.6. The van der Waals surface area contributed by atoms with Crippen molar-refractivity contribution in [1.82, 2.24) is 4.90 Å². The molecule has 5 nitrogen and oxygen atoms in total. The van der Waals surface area contributed by atoms with E-state index in [4.69, 9.17) is 11.6 Å². The Morgan fingerprint density at radius 2 is 1.65 bits per heavy atom. The molecular weight excluding hydrogens is 462 g/mol. The lowest BCUT2D eigenvalue weighted by atomic mass is 9.84. The van der Waals surface area contributed by atoms with Gasteiger partial charge in [0, 0.05) is 25.1 Å². The Balaban J connectivity index is 1.34. The van der Waals surface area contributed by atoms with Crippen molar-refractivity contribution in [3.63, 3.8) is 0 Å². The van der Waals surface area contributed by atoms with Gasteiger partial charge in [-0.05, 0) is 56.3 Å². The summed E-state index contributed by atoms with van der Waals surface area (Å²) in [5.74, 6) is -0.891. The molecule has 0 aromatic heterocycles. The Morgan fingerprint density at radius 3 is 2.27 bits per heavy atom. The summed E-state index contributed by atoms with van der Waals surface area (Å²) >= 11 is 0. The molecule has 0 aliphatic carbocycles. The number of aliphatic carboxylic acids is 1. The summed E-state index contributed by atoms with van der Waals surface area (Å²) in [4.78, 5) is 26.5. The number of Topliss-reactive ketones (excluding diaryl/α,β-unsaturated/α-hetero) is 1. The van der Waals surface area contributed by atoms with Crippen LogP contribution in [0.5, 0.6) is 0 Å². The molecule has 0 radical (unpaired) electrons. The highest BCUT2D eigenvalue weighted by Gasteiger charge is 2.29. The topological polar surface area (TPSA) is 66.8 Å². The number of hydrogen-bond acceptors (Lipinski definition) is 4. The fraction of sp³-hybridized carbons (Fsp3) is 0.375. The number of ketones is 1. The molecule has 0 spiro atoms. The van der Waals surface area contributed by atoms with Gasteiger partial charge in [-0.25, -0.2) is 0 Å². The van der Waals surface area contributed by atoms with Gasteiger partial charge in [0.25, 0.3) is 0 Å². The minimum absolute atomic E-state index is 0.0252. The predicted molar refractivity (Wildman–Crippen MR) is 146 cm³/mol. The summed E-state index contributed by atoms with van der Waals surface area (Å²) in [5, 5.41) is 9.41. The van der Waals surface area contributed by atoms with Crippen molar-refractivity contribution in [1.29, 1.82) is 0 Å². The molecule has 194 valence electrons. The molecule has 37 heavy (non-hydrogen) atoms. The van der Waals surface area contributed by atoms with Crippen molar-refractivity contribution in [2.45, 2.75) is 57.2 Å². The maximum Gasteiger partial charge on any atom is 0.313 e. The molecule has 1 unspecified atom stereocenters. The van der Waals surface area contributed by atoms with Crippen LogP contribution in [0.2, 0.25) is 0 Å². The number of ether oxygens (including phenoxy) is 1. The highest BCUT2D eigenvalue weighted by molar-refractivity contribution is 5.96. The first-order valence-electron chi connectivity index (χ1n) is 15.3. The second-order valence-corrected chi connectivity index (χ2v) is 10.0. The Labute approximate surface area is 227 Å². The van der Waals surface area contributed by atoms with Crippen molar-refractivity contribution >= 4 is 11.8 Å². The number of nitrogens with zero attached hydrogens (tertiary/aromatic N) is 1. The molecule has 4 rings (SSSR count). The van der Waals surface area contributed by atoms with Gasteiger partial charge in [-0.3, -0.25) is 9.59 Å². The van der Waals surface area contributed by atoms with Gasteiger partial charge in [0.05, 0.1) is 18.4 Å². The molecule has 1 N–H and O–H groups in total. The Kier molecular flexibility index (Phi) is 6.90. The number of carboxylic acids is 1. The molecule has 1 aliphatic rings. The third kappa shape index (κ3) is 6.94. The molecule has 3 aromatic rings. The van der Waals surface area contributed by atoms with Crippen LogP contribution in [0.4, 0.5) is 0 Å². The molecule has 1 saturated heterocycles. The van der Waals surface area contributed by atoms with Crippen LogP contribution in [0.15, 0.2) is 84.8 Å². The number of carbonyl (C=O) groups is 2. The highest BCUT2D eigenvalue weighted by atomic mass is 16.5. The summed E-state index contributed by atoms with van der Waals surface area (Å²) in [6.07, 6.45) is 1.58. The molecule has 0 bridgehead atoms. The van der Waals surface area contributed by atoms with Crippen LogP contribution in [0.3, 0.4) is 0 Å². The number of carboxylic acid groups (broad SMARTS) is 1. The van der Waals surface area contributed by atoms with Gasteiger partial charge in [-0.1, -0.05) is 84.8 Å². The second kappa shape index (κ2) is 12.3. The van der Waals surface area contributed by atoms with Crippen LogP contribution in [0, 0.1) is 0 Å². The lowest BCUT2D eigenvalue weighted by Gasteiger charge is -2.34. The average Bonchev–Trinajstić information content (AvgIpc) is 2.99. The van der Waals surface area contributed by atoms with E-state index in [0.29, 0.717) is 24.0 Å². The fourth-order valence-electron chi connectivity index (χ4n) is 4.60. The maximum absolute atomic E-state index is 12.7. The van der Waals surface area contributed by atoms with Gasteiger partial charge in [-0.2, -0.15) is 0 Å². The average molecular weight is 505 g/mol. The van der Waals surface area contributed by atoms with Gasteiger partial charge in [-0.15, -0.1) is 0 Å². The number of piperidine rings is 1. The first-order chi connectivity index (χ1) is 19.9. The van der Waals surface area contributed by atoms with Crippen molar-refractivity contribution in [3.05, 3.63) is 107 Å². The Morgan fingerprint density at radius 1 is 1.00 bits per heavy atom. The van der Waals surface area contributed by atoms with Crippen LogP contribution in [-0.2, 0) is 14.9 Å². The number of hydrogen-bond donors (Lipinski definition) is 1. The Bertz CT molecular complexity index is 1390. The monoisotopic (exact) mass is 504 g/mol. The molecular formula is C32H37NO4. The summed E-state index contributed by atoms with van der Waals surface area (Å²) in [6, 6.07) is 14.4. The van der Waals surface area contributed by atoms with Crippen LogP contribution < -0.4 is 0 Å². The first kappa shape index (κ1) is 20.7. The normalized spacial score (nSPS) is 17.7. The summed E-state index contributed by atoms with van der Waals surface area (Å²) in [5.41, 5.74) is 1.08. The van der Waals surface area contributed by atoms with Crippen LogP contribution in [0.1, 0.15) is 79.5 Å². The van der Waals surface area contributed by atoms with E-state index in [0.717, 1.165) is 38.0 Å². The van der Waals surface area contributed by atoms with Gasteiger partial charge < -0.3 is 14.7 Å². The first-order valence-corrected chi connectivity index (χ1v) is 12.8. The zero-order chi connectivity index (χ0) is 30.6. The second-order valence-electron chi connectivity index (χ2n) is 10.0. The predicted octanol–water partition coefficient (Wildman–Crippen LogP) is 6.28. The number of likely N-dealkylation sites (tertiary alicyclic amines) is 1. The molecule has 1 aliphatic heterocycles. The third-order valence-corrected chi connectivity index (χ3v) is 7.09. The van der Waals surface area contributed by atoms with Crippen molar-refractivity contribution in [3.8, 4) is 0 Å². The molecule has 5 heteroatoms. The largest absolute Gasteiger partial charge is 0.481 e. The van der Waals surface area contributed by atoms with Crippen LogP contribution >= 0.6 is 0 Å². The van der Waals surface area contributed by atoms with Crippen LogP contribution in [-0.4, -0.2) is 47.5 Å². The number of rotatable bonds is 11.